The van der Waals surface area contributed by atoms with Gasteiger partial charge >= 0.3 is 5.97 Å². The molecule has 0 unspecified atom stereocenters. The van der Waals surface area contributed by atoms with Crippen LogP contribution in [0.15, 0.2) is 24.7 Å². The maximum atomic E-state index is 10.8. The average molecular weight is 266 g/mol. The van der Waals surface area contributed by atoms with E-state index >= 15 is 0 Å². The lowest BCUT2D eigenvalue weighted by Crippen LogP contribution is -2.01. The predicted octanol–water partition coefficient (Wildman–Crippen LogP) is 1.38. The van der Waals surface area contributed by atoms with Crippen molar-refractivity contribution in [3.05, 3.63) is 41.1 Å². The van der Waals surface area contributed by atoms with Crippen molar-refractivity contribution in [3.8, 4) is 11.3 Å². The van der Waals surface area contributed by atoms with Gasteiger partial charge in [0.25, 0.3) is 0 Å². The third kappa shape index (κ3) is 2.44. The second-order valence-electron chi connectivity index (χ2n) is 3.40. The van der Waals surface area contributed by atoms with Gasteiger partial charge in [0.2, 0.25) is 0 Å². The van der Waals surface area contributed by atoms with Crippen molar-refractivity contribution in [2.75, 3.05) is 0 Å². The van der Waals surface area contributed by atoms with Crippen LogP contribution < -0.4 is 0 Å². The fourth-order valence-electron chi connectivity index (χ4n) is 1.35. The molecule has 92 valence electrons. The number of aliphatic hydroxyl groups is 1. The molecular formula is C11H8ClN3O3. The van der Waals surface area contributed by atoms with Crippen LogP contribution in [0.25, 0.3) is 11.3 Å². The van der Waals surface area contributed by atoms with Crippen LogP contribution in [-0.2, 0) is 6.61 Å². The number of aromatic nitrogens is 3. The van der Waals surface area contributed by atoms with E-state index in [1.54, 1.807) is 6.07 Å². The quantitative estimate of drug-likeness (QED) is 0.870. The van der Waals surface area contributed by atoms with Crippen LogP contribution in [0.1, 0.15) is 16.2 Å². The molecule has 0 aromatic carbocycles. The molecule has 0 radical (unpaired) electrons. The monoisotopic (exact) mass is 265 g/mol. The summed E-state index contributed by atoms with van der Waals surface area (Å²) in [5.74, 6) is -1.13. The lowest BCUT2D eigenvalue weighted by molar-refractivity contribution is 0.0690. The summed E-state index contributed by atoms with van der Waals surface area (Å²) in [5.41, 5.74) is 1.21. The maximum absolute atomic E-state index is 10.8. The molecule has 0 amide bonds. The Kier molecular flexibility index (Phi) is 3.50. The van der Waals surface area contributed by atoms with Crippen LogP contribution in [0.5, 0.6) is 0 Å². The van der Waals surface area contributed by atoms with Crippen LogP contribution in [-0.4, -0.2) is 31.1 Å². The Morgan fingerprint density at radius 1 is 1.28 bits per heavy atom. The SMILES string of the molecule is O=C(O)c1cc(-c2cnc(CO)c(Cl)c2)ncn1. The first-order valence-electron chi connectivity index (χ1n) is 4.93. The largest absolute Gasteiger partial charge is 0.477 e. The Balaban J connectivity index is 2.45. The number of carboxylic acids is 1. The molecule has 2 N–H and O–H groups in total. The molecule has 2 heterocycles. The molecule has 7 heteroatoms. The van der Waals surface area contributed by atoms with Gasteiger partial charge in [0.05, 0.1) is 23.0 Å². The number of nitrogens with zero attached hydrogens (tertiary/aromatic N) is 3. The van der Waals surface area contributed by atoms with Gasteiger partial charge in [0.1, 0.15) is 6.33 Å². The van der Waals surface area contributed by atoms with E-state index in [2.05, 4.69) is 15.0 Å². The van der Waals surface area contributed by atoms with Crippen molar-refractivity contribution in [1.82, 2.24) is 15.0 Å². The Labute approximate surface area is 107 Å². The van der Waals surface area contributed by atoms with E-state index < -0.39 is 5.97 Å². The van der Waals surface area contributed by atoms with Crippen LogP contribution in [0.2, 0.25) is 5.02 Å². The topological polar surface area (TPSA) is 96.2 Å². The molecule has 0 fully saturated rings. The van der Waals surface area contributed by atoms with Crippen molar-refractivity contribution < 1.29 is 15.0 Å². The van der Waals surface area contributed by atoms with Gasteiger partial charge in [-0.25, -0.2) is 14.8 Å². The normalized spacial score (nSPS) is 10.3. The molecular weight excluding hydrogens is 258 g/mol. The Morgan fingerprint density at radius 3 is 2.67 bits per heavy atom. The smallest absolute Gasteiger partial charge is 0.354 e. The van der Waals surface area contributed by atoms with Gasteiger partial charge in [0, 0.05) is 11.8 Å². The first kappa shape index (κ1) is 12.4. The molecule has 0 atom stereocenters. The van der Waals surface area contributed by atoms with E-state index in [1.165, 1.54) is 12.3 Å². The lowest BCUT2D eigenvalue weighted by Gasteiger charge is -2.04. The second-order valence-corrected chi connectivity index (χ2v) is 3.81. The summed E-state index contributed by atoms with van der Waals surface area (Å²) in [7, 11) is 0. The molecule has 0 spiro atoms. The van der Waals surface area contributed by atoms with Gasteiger partial charge in [0.15, 0.2) is 5.69 Å². The Hall–Kier alpha value is -2.05. The highest BCUT2D eigenvalue weighted by Crippen LogP contribution is 2.22. The van der Waals surface area contributed by atoms with Crippen molar-refractivity contribution in [3.63, 3.8) is 0 Å². The number of halogens is 1. The minimum atomic E-state index is -1.13. The Bertz CT molecular complexity index is 604. The summed E-state index contributed by atoms with van der Waals surface area (Å²) in [6.45, 7) is -0.261. The summed E-state index contributed by atoms with van der Waals surface area (Å²) in [6.07, 6.45) is 2.62. The third-order valence-corrected chi connectivity index (χ3v) is 2.58. The Morgan fingerprint density at radius 2 is 2.06 bits per heavy atom. The zero-order valence-electron chi connectivity index (χ0n) is 9.04. The first-order valence-corrected chi connectivity index (χ1v) is 5.30. The second kappa shape index (κ2) is 5.07. The van der Waals surface area contributed by atoms with E-state index in [0.717, 1.165) is 6.33 Å². The van der Waals surface area contributed by atoms with E-state index in [-0.39, 0.29) is 12.3 Å². The van der Waals surface area contributed by atoms with Gasteiger partial charge in [-0.05, 0) is 12.1 Å². The molecule has 0 aliphatic carbocycles. The number of hydrogen-bond acceptors (Lipinski definition) is 5. The van der Waals surface area contributed by atoms with Gasteiger partial charge < -0.3 is 10.2 Å². The van der Waals surface area contributed by atoms with Crippen LogP contribution >= 0.6 is 11.6 Å². The number of aromatic carboxylic acids is 1. The van der Waals surface area contributed by atoms with Crippen molar-refractivity contribution in [2.24, 2.45) is 0 Å². The van der Waals surface area contributed by atoms with E-state index in [4.69, 9.17) is 21.8 Å². The average Bonchev–Trinajstić information content (AvgIpc) is 2.38. The standard InChI is InChI=1S/C11H8ClN3O3/c12-7-1-6(3-13-10(7)4-16)8-2-9(11(17)18)15-5-14-8/h1-3,5,16H,4H2,(H,17,18). The fourth-order valence-corrected chi connectivity index (χ4v) is 1.58. The lowest BCUT2D eigenvalue weighted by atomic mass is 10.1. The number of carbonyl (C=O) groups is 1. The van der Waals surface area contributed by atoms with Gasteiger partial charge in [-0.2, -0.15) is 0 Å². The van der Waals surface area contributed by atoms with Crippen LogP contribution in [0.4, 0.5) is 0 Å². The zero-order chi connectivity index (χ0) is 13.1. The van der Waals surface area contributed by atoms with Gasteiger partial charge in [-0.1, -0.05) is 11.6 Å². The van der Waals surface area contributed by atoms with E-state index in [1.807, 2.05) is 0 Å². The summed E-state index contributed by atoms with van der Waals surface area (Å²) in [4.78, 5) is 22.3. The van der Waals surface area contributed by atoms with Crippen LogP contribution in [0.3, 0.4) is 0 Å². The summed E-state index contributed by atoms with van der Waals surface area (Å²) >= 11 is 5.90. The summed E-state index contributed by atoms with van der Waals surface area (Å²) < 4.78 is 0. The minimum Gasteiger partial charge on any atom is -0.477 e. The van der Waals surface area contributed by atoms with Crippen LogP contribution in [0, 0.1) is 0 Å². The molecule has 2 aromatic heterocycles. The molecule has 2 aromatic rings. The highest BCUT2D eigenvalue weighted by Gasteiger charge is 2.09. The molecule has 0 aliphatic heterocycles. The first-order chi connectivity index (χ1) is 8.61. The molecule has 0 bridgehead atoms. The van der Waals surface area contributed by atoms with E-state index in [9.17, 15) is 4.79 Å². The molecule has 2 rings (SSSR count). The summed E-state index contributed by atoms with van der Waals surface area (Å²) in [5, 5.41) is 18.1. The number of rotatable bonds is 3. The third-order valence-electron chi connectivity index (χ3n) is 2.25. The summed E-state index contributed by atoms with van der Waals surface area (Å²) in [6, 6.07) is 2.89. The number of pyridine rings is 1. The van der Waals surface area contributed by atoms with E-state index in [0.29, 0.717) is 22.0 Å². The predicted molar refractivity (Wildman–Crippen MR) is 63.2 cm³/mol. The highest BCUT2D eigenvalue weighted by atomic mass is 35.5. The molecule has 0 aliphatic rings. The minimum absolute atomic E-state index is 0.109. The van der Waals surface area contributed by atoms with Gasteiger partial charge in [-0.15, -0.1) is 0 Å². The van der Waals surface area contributed by atoms with Crippen molar-refractivity contribution in [2.45, 2.75) is 6.61 Å². The number of carboxylic acid groups (broad SMARTS) is 1. The molecule has 18 heavy (non-hydrogen) atoms. The molecule has 6 nitrogen and oxygen atoms in total. The molecule has 0 saturated heterocycles. The molecule has 0 saturated carbocycles. The highest BCUT2D eigenvalue weighted by molar-refractivity contribution is 6.31. The number of hydrogen-bond donors (Lipinski definition) is 2. The van der Waals surface area contributed by atoms with Gasteiger partial charge in [-0.3, -0.25) is 4.98 Å². The zero-order valence-corrected chi connectivity index (χ0v) is 9.79. The number of aliphatic hydroxyl groups excluding tert-OH is 1. The van der Waals surface area contributed by atoms with Crippen molar-refractivity contribution in [1.29, 1.82) is 0 Å². The van der Waals surface area contributed by atoms with Crippen molar-refractivity contribution >= 4 is 17.6 Å². The maximum Gasteiger partial charge on any atom is 0.354 e. The fraction of sp³-hybridized carbons (Fsp3) is 0.0909.